The second-order valence-corrected chi connectivity index (χ2v) is 7.26. The number of aryl methyl sites for hydroxylation is 1. The monoisotopic (exact) mass is 398 g/mol. The molecule has 4 rings (SSSR count). The molecule has 7 heteroatoms. The van der Waals surface area contributed by atoms with Crippen LogP contribution in [0.25, 0.3) is 32.7 Å². The largest absolute Gasteiger partial charge is 0.497 e. The Morgan fingerprint density at radius 3 is 2.50 bits per heavy atom. The van der Waals surface area contributed by atoms with Crippen LogP contribution in [-0.2, 0) is 6.42 Å². The third-order valence-electron chi connectivity index (χ3n) is 4.51. The third kappa shape index (κ3) is 2.97. The van der Waals surface area contributed by atoms with Crippen LogP contribution in [0.4, 0.5) is 8.78 Å². The van der Waals surface area contributed by atoms with Crippen LogP contribution >= 0.6 is 11.3 Å². The Morgan fingerprint density at radius 1 is 1.11 bits per heavy atom. The molecule has 0 aliphatic heterocycles. The van der Waals surface area contributed by atoms with Gasteiger partial charge in [0.2, 0.25) is 0 Å². The van der Waals surface area contributed by atoms with E-state index in [1.165, 1.54) is 17.4 Å². The molecule has 4 aromatic rings. The molecular weight excluding hydrogens is 382 g/mol. The summed E-state index contributed by atoms with van der Waals surface area (Å²) in [5.74, 6) is -0.992. The lowest BCUT2D eigenvalue weighted by molar-refractivity contribution is 0.415. The molecule has 0 aliphatic rings. The lowest BCUT2D eigenvalue weighted by atomic mass is 10.0. The molecule has 0 bridgehead atoms. The molecule has 0 amide bonds. The highest BCUT2D eigenvalue weighted by atomic mass is 32.1. The average molecular weight is 398 g/mol. The van der Waals surface area contributed by atoms with E-state index < -0.39 is 17.2 Å². The molecular formula is C21H16F2N2O2S. The molecule has 0 saturated carbocycles. The van der Waals surface area contributed by atoms with E-state index in [9.17, 15) is 13.6 Å². The number of hydrogen-bond donors (Lipinski definition) is 1. The second-order valence-electron chi connectivity index (χ2n) is 6.18. The molecule has 0 aliphatic carbocycles. The van der Waals surface area contributed by atoms with Gasteiger partial charge in [-0.15, -0.1) is 11.3 Å². The molecule has 2 aromatic heterocycles. The van der Waals surface area contributed by atoms with Gasteiger partial charge in [-0.25, -0.2) is 13.8 Å². The van der Waals surface area contributed by atoms with Crippen LogP contribution in [0.2, 0.25) is 0 Å². The third-order valence-corrected chi connectivity index (χ3v) is 5.74. The Bertz CT molecular complexity index is 1230. The van der Waals surface area contributed by atoms with Crippen LogP contribution in [0, 0.1) is 11.6 Å². The number of nitrogens with zero attached hydrogens (tertiary/aromatic N) is 1. The van der Waals surface area contributed by atoms with E-state index in [0.717, 1.165) is 28.1 Å². The molecule has 4 nitrogen and oxygen atoms in total. The Hall–Kier alpha value is -3.06. The number of aromatic nitrogens is 2. The first kappa shape index (κ1) is 18.3. The molecule has 0 unspecified atom stereocenters. The predicted octanol–water partition coefficient (Wildman–Crippen LogP) is 5.17. The minimum Gasteiger partial charge on any atom is -0.497 e. The molecule has 0 saturated heterocycles. The van der Waals surface area contributed by atoms with Crippen molar-refractivity contribution < 1.29 is 13.5 Å². The summed E-state index contributed by atoms with van der Waals surface area (Å²) in [6, 6.07) is 11.0. The number of aromatic amines is 1. The summed E-state index contributed by atoms with van der Waals surface area (Å²) >= 11 is 1.35. The lowest BCUT2D eigenvalue weighted by Crippen LogP contribution is -2.10. The predicted molar refractivity (Wildman–Crippen MR) is 107 cm³/mol. The van der Waals surface area contributed by atoms with Crippen molar-refractivity contribution in [1.82, 2.24) is 9.97 Å². The van der Waals surface area contributed by atoms with Crippen LogP contribution in [-0.4, -0.2) is 17.1 Å². The van der Waals surface area contributed by atoms with E-state index in [4.69, 9.17) is 4.74 Å². The molecule has 0 spiro atoms. The van der Waals surface area contributed by atoms with Gasteiger partial charge in [0.15, 0.2) is 0 Å². The molecule has 2 aromatic carbocycles. The van der Waals surface area contributed by atoms with Gasteiger partial charge < -0.3 is 9.72 Å². The summed E-state index contributed by atoms with van der Waals surface area (Å²) in [6.45, 7) is 1.99. The van der Waals surface area contributed by atoms with E-state index in [1.807, 2.05) is 31.2 Å². The topological polar surface area (TPSA) is 55.0 Å². The van der Waals surface area contributed by atoms with E-state index in [2.05, 4.69) is 9.97 Å². The van der Waals surface area contributed by atoms with Gasteiger partial charge in [0.05, 0.1) is 18.1 Å². The van der Waals surface area contributed by atoms with Crippen molar-refractivity contribution >= 4 is 21.6 Å². The van der Waals surface area contributed by atoms with Gasteiger partial charge in [-0.1, -0.05) is 25.1 Å². The van der Waals surface area contributed by atoms with Gasteiger partial charge in [-0.2, -0.15) is 0 Å². The highest BCUT2D eigenvalue weighted by Gasteiger charge is 2.21. The fraction of sp³-hybridized carbons (Fsp3) is 0.143. The molecule has 28 heavy (non-hydrogen) atoms. The molecule has 0 radical (unpaired) electrons. The van der Waals surface area contributed by atoms with Gasteiger partial charge in [0.25, 0.3) is 5.56 Å². The summed E-state index contributed by atoms with van der Waals surface area (Å²) in [6.07, 6.45) is 0.691. The van der Waals surface area contributed by atoms with E-state index in [1.54, 1.807) is 7.11 Å². The summed E-state index contributed by atoms with van der Waals surface area (Å²) in [5, 5.41) is 0.413. The number of methoxy groups -OCH3 is 1. The van der Waals surface area contributed by atoms with Crippen LogP contribution in [0.1, 0.15) is 11.8 Å². The minimum atomic E-state index is -0.775. The standard InChI is InChI=1S/C21H16F2N2O2S/c1-3-15-16(11-6-4-7-12(10-11)27-2)18-20(26)24-19(25-21(18)28-15)17-13(22)8-5-9-14(17)23/h4-10H,3H2,1-2H3,(H,24,25,26). The quantitative estimate of drug-likeness (QED) is 0.516. The smallest absolute Gasteiger partial charge is 0.260 e. The SMILES string of the molecule is CCc1sc2nc(-c3c(F)cccc3F)[nH]c(=O)c2c1-c1cccc(OC)c1. The zero-order valence-corrected chi connectivity index (χ0v) is 16.0. The summed E-state index contributed by atoms with van der Waals surface area (Å²) < 4.78 is 33.6. The maximum Gasteiger partial charge on any atom is 0.260 e. The number of halogens is 2. The van der Waals surface area contributed by atoms with Crippen LogP contribution in [0.5, 0.6) is 5.75 Å². The normalized spacial score (nSPS) is 11.1. The Balaban J connectivity index is 2.00. The number of H-pyrrole nitrogens is 1. The highest BCUT2D eigenvalue weighted by Crippen LogP contribution is 2.38. The van der Waals surface area contributed by atoms with E-state index in [0.29, 0.717) is 22.4 Å². The van der Waals surface area contributed by atoms with Crippen LogP contribution in [0.3, 0.4) is 0 Å². The fourth-order valence-electron chi connectivity index (χ4n) is 3.23. The van der Waals surface area contributed by atoms with Crippen molar-refractivity contribution in [3.63, 3.8) is 0 Å². The molecule has 2 heterocycles. The zero-order valence-electron chi connectivity index (χ0n) is 15.2. The van der Waals surface area contributed by atoms with Crippen LogP contribution in [0.15, 0.2) is 47.3 Å². The average Bonchev–Trinajstić information content (AvgIpc) is 3.07. The fourth-order valence-corrected chi connectivity index (χ4v) is 4.36. The maximum atomic E-state index is 14.2. The van der Waals surface area contributed by atoms with Gasteiger partial charge in [0, 0.05) is 10.4 Å². The summed E-state index contributed by atoms with van der Waals surface area (Å²) in [7, 11) is 1.58. The number of hydrogen-bond acceptors (Lipinski definition) is 4. The van der Waals surface area contributed by atoms with Crippen molar-refractivity contribution in [3.05, 3.63) is 69.3 Å². The summed E-state index contributed by atoms with van der Waals surface area (Å²) in [5.41, 5.74) is 0.836. The number of nitrogens with one attached hydrogen (secondary N) is 1. The molecule has 142 valence electrons. The first-order chi connectivity index (χ1) is 13.5. The maximum absolute atomic E-state index is 14.2. The number of fused-ring (bicyclic) bond motifs is 1. The van der Waals surface area contributed by atoms with Gasteiger partial charge in [-0.05, 0) is 36.2 Å². The second kappa shape index (κ2) is 7.16. The lowest BCUT2D eigenvalue weighted by Gasteiger charge is -2.07. The van der Waals surface area contributed by atoms with Gasteiger partial charge in [-0.3, -0.25) is 4.79 Å². The molecule has 0 atom stereocenters. The van der Waals surface area contributed by atoms with Crippen LogP contribution < -0.4 is 10.3 Å². The number of rotatable bonds is 4. The number of benzene rings is 2. The minimum absolute atomic E-state index is 0.116. The van der Waals surface area contributed by atoms with Gasteiger partial charge >= 0.3 is 0 Å². The molecule has 0 fully saturated rings. The molecule has 1 N–H and O–H groups in total. The van der Waals surface area contributed by atoms with Crippen molar-refractivity contribution in [2.75, 3.05) is 7.11 Å². The summed E-state index contributed by atoms with van der Waals surface area (Å²) in [4.78, 5) is 21.2. The highest BCUT2D eigenvalue weighted by molar-refractivity contribution is 7.19. The van der Waals surface area contributed by atoms with E-state index >= 15 is 0 Å². The van der Waals surface area contributed by atoms with Gasteiger partial charge in [0.1, 0.15) is 28.0 Å². The number of ether oxygens (including phenoxy) is 1. The van der Waals surface area contributed by atoms with Crippen molar-refractivity contribution in [1.29, 1.82) is 0 Å². The van der Waals surface area contributed by atoms with Crippen molar-refractivity contribution in [2.24, 2.45) is 0 Å². The van der Waals surface area contributed by atoms with Crippen molar-refractivity contribution in [2.45, 2.75) is 13.3 Å². The van der Waals surface area contributed by atoms with E-state index in [-0.39, 0.29) is 11.4 Å². The Morgan fingerprint density at radius 2 is 1.82 bits per heavy atom. The first-order valence-electron chi connectivity index (χ1n) is 8.68. The zero-order chi connectivity index (χ0) is 19.8. The first-order valence-corrected chi connectivity index (χ1v) is 9.49. The van der Waals surface area contributed by atoms with Crippen molar-refractivity contribution in [3.8, 4) is 28.3 Å². The number of thiophene rings is 1. The Kier molecular flexibility index (Phi) is 4.68. The Labute approximate surface area is 163 Å².